The van der Waals surface area contributed by atoms with E-state index in [1.54, 1.807) is 30.2 Å². The van der Waals surface area contributed by atoms with Gasteiger partial charge in [-0.2, -0.15) is 0 Å². The number of nitrogens with zero attached hydrogens (tertiary/aromatic N) is 3. The minimum Gasteiger partial charge on any atom is -0.494 e. The van der Waals surface area contributed by atoms with Gasteiger partial charge in [0.1, 0.15) is 15.6 Å². The molecule has 28 heavy (non-hydrogen) atoms. The van der Waals surface area contributed by atoms with Crippen LogP contribution in [-0.4, -0.2) is 50.1 Å². The molecule has 3 aromatic rings. The van der Waals surface area contributed by atoms with Crippen LogP contribution in [0.25, 0.3) is 10.2 Å². The molecule has 0 aliphatic rings. The zero-order valence-electron chi connectivity index (χ0n) is 15.2. The SMILES string of the molecule is COc1ccc(Cl)c2sc(N(CCN(C)C)C(=O)c3cc(Cl)sc3Cl)nc12.Cl. The van der Waals surface area contributed by atoms with Crippen LogP contribution in [-0.2, 0) is 0 Å². The number of fused-ring (bicyclic) bond motifs is 1. The molecule has 3 rings (SSSR count). The van der Waals surface area contributed by atoms with Crippen molar-refractivity contribution in [1.29, 1.82) is 0 Å². The molecule has 0 radical (unpaired) electrons. The van der Waals surface area contributed by atoms with Crippen molar-refractivity contribution < 1.29 is 9.53 Å². The Bertz CT molecular complexity index is 990. The Morgan fingerprint density at radius 3 is 2.46 bits per heavy atom. The summed E-state index contributed by atoms with van der Waals surface area (Å²) in [6.45, 7) is 1.09. The number of likely N-dealkylation sites (N-methyl/N-ethyl adjacent to an activating group) is 1. The first-order chi connectivity index (χ1) is 12.8. The van der Waals surface area contributed by atoms with Crippen LogP contribution in [0, 0.1) is 0 Å². The zero-order valence-corrected chi connectivity index (χ0v) is 19.9. The molecule has 152 valence electrons. The molecule has 0 aliphatic heterocycles. The van der Waals surface area contributed by atoms with Gasteiger partial charge in [-0.25, -0.2) is 4.98 Å². The van der Waals surface area contributed by atoms with Gasteiger partial charge in [0.05, 0.1) is 26.7 Å². The van der Waals surface area contributed by atoms with E-state index in [2.05, 4.69) is 4.98 Å². The van der Waals surface area contributed by atoms with Crippen LogP contribution in [0.5, 0.6) is 5.75 Å². The highest BCUT2D eigenvalue weighted by atomic mass is 35.5. The number of methoxy groups -OCH3 is 1. The van der Waals surface area contributed by atoms with Crippen LogP contribution < -0.4 is 9.64 Å². The first-order valence-electron chi connectivity index (χ1n) is 7.86. The van der Waals surface area contributed by atoms with Gasteiger partial charge in [0.2, 0.25) is 0 Å². The summed E-state index contributed by atoms with van der Waals surface area (Å²) in [5, 5.41) is 1.09. The van der Waals surface area contributed by atoms with Crippen molar-refractivity contribution in [2.45, 2.75) is 0 Å². The Morgan fingerprint density at radius 1 is 1.18 bits per heavy atom. The fourth-order valence-corrected chi connectivity index (χ4v) is 5.17. The third-order valence-corrected chi connectivity index (χ3v) is 6.83. The van der Waals surface area contributed by atoms with Crippen LogP contribution in [0.15, 0.2) is 18.2 Å². The van der Waals surface area contributed by atoms with Crippen LogP contribution in [0.1, 0.15) is 10.4 Å². The number of ether oxygens (including phenoxy) is 1. The highest BCUT2D eigenvalue weighted by Gasteiger charge is 2.26. The summed E-state index contributed by atoms with van der Waals surface area (Å²) >= 11 is 21.1. The van der Waals surface area contributed by atoms with Gasteiger partial charge in [-0.15, -0.1) is 23.7 Å². The number of hydrogen-bond acceptors (Lipinski definition) is 6. The molecule has 0 unspecified atom stereocenters. The largest absolute Gasteiger partial charge is 0.494 e. The maximum atomic E-state index is 13.2. The maximum Gasteiger partial charge on any atom is 0.262 e. The Hall–Kier alpha value is -0.800. The number of amides is 1. The van der Waals surface area contributed by atoms with E-state index in [0.717, 1.165) is 16.0 Å². The first kappa shape index (κ1) is 23.5. The molecule has 0 bridgehead atoms. The molecule has 1 aromatic carbocycles. The van der Waals surface area contributed by atoms with Gasteiger partial charge in [0.15, 0.2) is 5.13 Å². The van der Waals surface area contributed by atoms with Gasteiger partial charge in [-0.3, -0.25) is 9.69 Å². The summed E-state index contributed by atoms with van der Waals surface area (Å²) in [6, 6.07) is 5.10. The van der Waals surface area contributed by atoms with E-state index in [1.807, 2.05) is 19.0 Å². The molecular weight excluding hydrogens is 484 g/mol. The van der Waals surface area contributed by atoms with Crippen molar-refractivity contribution in [3.8, 4) is 5.75 Å². The number of halogens is 4. The number of carbonyl (C=O) groups excluding carboxylic acids is 1. The molecule has 0 atom stereocenters. The lowest BCUT2D eigenvalue weighted by Crippen LogP contribution is -2.36. The van der Waals surface area contributed by atoms with E-state index in [-0.39, 0.29) is 18.3 Å². The first-order valence-corrected chi connectivity index (χ1v) is 10.6. The molecule has 0 saturated carbocycles. The molecule has 11 heteroatoms. The van der Waals surface area contributed by atoms with Gasteiger partial charge >= 0.3 is 0 Å². The molecule has 0 spiro atoms. The average Bonchev–Trinajstić information content (AvgIpc) is 3.19. The summed E-state index contributed by atoms with van der Waals surface area (Å²) in [5.74, 6) is 0.354. The summed E-state index contributed by atoms with van der Waals surface area (Å²) in [6.07, 6.45) is 0. The summed E-state index contributed by atoms with van der Waals surface area (Å²) in [4.78, 5) is 21.4. The highest BCUT2D eigenvalue weighted by Crippen LogP contribution is 2.40. The number of carbonyl (C=O) groups is 1. The normalized spacial score (nSPS) is 11.0. The maximum absolute atomic E-state index is 13.2. The van der Waals surface area contributed by atoms with E-state index >= 15 is 0 Å². The van der Waals surface area contributed by atoms with Gasteiger partial charge in [-0.05, 0) is 32.3 Å². The number of thiophene rings is 1. The highest BCUT2D eigenvalue weighted by molar-refractivity contribution is 7.23. The monoisotopic (exact) mass is 499 g/mol. The Kier molecular flexibility index (Phi) is 8.22. The van der Waals surface area contributed by atoms with E-state index in [9.17, 15) is 4.79 Å². The average molecular weight is 501 g/mol. The molecule has 2 heterocycles. The van der Waals surface area contributed by atoms with E-state index in [0.29, 0.717) is 48.7 Å². The smallest absolute Gasteiger partial charge is 0.262 e. The van der Waals surface area contributed by atoms with Crippen LogP contribution >= 0.6 is 69.9 Å². The van der Waals surface area contributed by atoms with Crippen LogP contribution in [0.4, 0.5) is 5.13 Å². The van der Waals surface area contributed by atoms with Crippen molar-refractivity contribution >= 4 is 91.1 Å². The quantitative estimate of drug-likeness (QED) is 0.419. The topological polar surface area (TPSA) is 45.7 Å². The molecule has 1 amide bonds. The molecular formula is C17H17Cl4N3O2S2. The molecule has 0 fully saturated rings. The minimum atomic E-state index is -0.251. The fourth-order valence-electron chi connectivity index (χ4n) is 2.44. The molecule has 0 N–H and O–H groups in total. The zero-order chi connectivity index (χ0) is 19.7. The van der Waals surface area contributed by atoms with E-state index in [4.69, 9.17) is 39.5 Å². The Balaban J connectivity index is 0.00000280. The summed E-state index contributed by atoms with van der Waals surface area (Å²) in [7, 11) is 5.45. The van der Waals surface area contributed by atoms with E-state index < -0.39 is 0 Å². The lowest BCUT2D eigenvalue weighted by molar-refractivity contribution is 0.0986. The van der Waals surface area contributed by atoms with Gasteiger partial charge in [0, 0.05) is 13.1 Å². The van der Waals surface area contributed by atoms with Crippen molar-refractivity contribution in [3.63, 3.8) is 0 Å². The third kappa shape index (κ3) is 4.84. The number of hydrogen-bond donors (Lipinski definition) is 0. The third-order valence-electron chi connectivity index (χ3n) is 3.80. The number of benzene rings is 1. The second-order valence-corrected chi connectivity index (χ2v) is 9.59. The fraction of sp³-hybridized carbons (Fsp3) is 0.294. The second-order valence-electron chi connectivity index (χ2n) is 5.92. The second kappa shape index (κ2) is 9.80. The van der Waals surface area contributed by atoms with Crippen LogP contribution in [0.2, 0.25) is 13.7 Å². The molecule has 5 nitrogen and oxygen atoms in total. The number of thiazole rings is 1. The number of rotatable bonds is 6. The summed E-state index contributed by atoms with van der Waals surface area (Å²) in [5.41, 5.74) is 0.991. The number of anilines is 1. The Morgan fingerprint density at radius 2 is 1.89 bits per heavy atom. The van der Waals surface area contributed by atoms with Crippen molar-refractivity contribution in [3.05, 3.63) is 37.5 Å². The predicted molar refractivity (Wildman–Crippen MR) is 123 cm³/mol. The van der Waals surface area contributed by atoms with Crippen molar-refractivity contribution in [2.75, 3.05) is 39.2 Å². The van der Waals surface area contributed by atoms with Crippen molar-refractivity contribution in [2.24, 2.45) is 0 Å². The predicted octanol–water partition coefficient (Wildman–Crippen LogP) is 5.96. The molecule has 0 aliphatic carbocycles. The number of aromatic nitrogens is 1. The van der Waals surface area contributed by atoms with Gasteiger partial charge in [0.25, 0.3) is 5.91 Å². The standard InChI is InChI=1S/C17H16Cl3N3O2S2.ClH/c1-22(2)6-7-23(16(24)9-8-12(19)26-15(9)20)17-21-13-11(25-3)5-4-10(18)14(13)27-17;/h4-5,8H,6-7H2,1-3H3;1H. The molecule has 0 saturated heterocycles. The summed E-state index contributed by atoms with van der Waals surface area (Å²) < 4.78 is 6.97. The molecule has 2 aromatic heterocycles. The Labute approximate surface area is 192 Å². The minimum absolute atomic E-state index is 0. The van der Waals surface area contributed by atoms with E-state index in [1.165, 1.54) is 11.3 Å². The van der Waals surface area contributed by atoms with Crippen LogP contribution in [0.3, 0.4) is 0 Å². The van der Waals surface area contributed by atoms with Gasteiger partial charge < -0.3 is 9.64 Å². The lowest BCUT2D eigenvalue weighted by atomic mass is 10.3. The van der Waals surface area contributed by atoms with Crippen molar-refractivity contribution in [1.82, 2.24) is 9.88 Å². The van der Waals surface area contributed by atoms with Gasteiger partial charge in [-0.1, -0.05) is 46.1 Å². The lowest BCUT2D eigenvalue weighted by Gasteiger charge is -2.21.